The molecular weight excluding hydrogens is 285 g/mol. The van der Waals surface area contributed by atoms with Gasteiger partial charge in [-0.1, -0.05) is 36.4 Å². The molecule has 0 atom stereocenters. The van der Waals surface area contributed by atoms with E-state index in [2.05, 4.69) is 9.36 Å². The summed E-state index contributed by atoms with van der Waals surface area (Å²) in [6.45, 7) is 0.750. The smallest absolute Gasteiger partial charge is 0.210 e. The van der Waals surface area contributed by atoms with Gasteiger partial charge in [0.2, 0.25) is 5.13 Å². The Morgan fingerprint density at radius 1 is 1.05 bits per heavy atom. The van der Waals surface area contributed by atoms with E-state index in [9.17, 15) is 4.39 Å². The van der Waals surface area contributed by atoms with Crippen LogP contribution in [-0.2, 0) is 6.42 Å². The van der Waals surface area contributed by atoms with Gasteiger partial charge in [-0.2, -0.15) is 9.36 Å². The largest absolute Gasteiger partial charge is 0.316 e. The first kappa shape index (κ1) is 12.5. The van der Waals surface area contributed by atoms with Gasteiger partial charge >= 0.3 is 0 Å². The van der Waals surface area contributed by atoms with E-state index < -0.39 is 0 Å². The monoisotopic (exact) mass is 297 g/mol. The van der Waals surface area contributed by atoms with E-state index in [-0.39, 0.29) is 5.82 Å². The highest BCUT2D eigenvalue weighted by atomic mass is 32.1. The van der Waals surface area contributed by atoms with Crippen molar-refractivity contribution in [2.45, 2.75) is 6.42 Å². The van der Waals surface area contributed by atoms with Gasteiger partial charge in [0.1, 0.15) is 5.82 Å². The third-order valence-corrected chi connectivity index (χ3v) is 4.39. The molecule has 0 saturated carbocycles. The van der Waals surface area contributed by atoms with Crippen molar-refractivity contribution in [1.29, 1.82) is 0 Å². The van der Waals surface area contributed by atoms with Gasteiger partial charge in [-0.05, 0) is 18.6 Å². The van der Waals surface area contributed by atoms with Crippen molar-refractivity contribution in [3.8, 4) is 11.4 Å². The van der Waals surface area contributed by atoms with Crippen LogP contribution in [0, 0.1) is 5.82 Å². The number of rotatable bonds is 2. The van der Waals surface area contributed by atoms with Gasteiger partial charge in [0.05, 0.1) is 0 Å². The maximum absolute atomic E-state index is 13.8. The second-order valence-corrected chi connectivity index (χ2v) is 5.64. The molecule has 0 fully saturated rings. The van der Waals surface area contributed by atoms with Crippen LogP contribution in [-0.4, -0.2) is 15.9 Å². The second-order valence-electron chi connectivity index (χ2n) is 4.91. The molecule has 21 heavy (non-hydrogen) atoms. The zero-order chi connectivity index (χ0) is 14.2. The Balaban J connectivity index is 1.71. The minimum absolute atomic E-state index is 0.136. The summed E-state index contributed by atoms with van der Waals surface area (Å²) >= 11 is 1.35. The van der Waals surface area contributed by atoms with Gasteiger partial charge in [0, 0.05) is 34.9 Å². The number of hydrogen-bond acceptors (Lipinski definition) is 4. The molecule has 0 radical (unpaired) electrons. The molecule has 3 aromatic rings. The molecule has 2 aromatic carbocycles. The fourth-order valence-corrected chi connectivity index (χ4v) is 3.35. The van der Waals surface area contributed by atoms with E-state index >= 15 is 0 Å². The van der Waals surface area contributed by atoms with Gasteiger partial charge in [-0.15, -0.1) is 0 Å². The summed E-state index contributed by atoms with van der Waals surface area (Å²) in [7, 11) is 0. The Bertz CT molecular complexity index is 785. The maximum atomic E-state index is 13.8. The van der Waals surface area contributed by atoms with Crippen LogP contribution in [0.25, 0.3) is 11.4 Å². The zero-order valence-electron chi connectivity index (χ0n) is 11.2. The third kappa shape index (κ3) is 2.10. The predicted molar refractivity (Wildman–Crippen MR) is 82.5 cm³/mol. The topological polar surface area (TPSA) is 29.0 Å². The summed E-state index contributed by atoms with van der Waals surface area (Å²) in [5, 5.41) is 0.818. The lowest BCUT2D eigenvalue weighted by atomic mass is 10.1. The molecule has 2 heterocycles. The van der Waals surface area contributed by atoms with Crippen molar-refractivity contribution in [3.63, 3.8) is 0 Å². The number of anilines is 2. The average Bonchev–Trinajstić information content (AvgIpc) is 3.15. The average molecular weight is 297 g/mol. The fraction of sp³-hybridized carbons (Fsp3) is 0.125. The molecule has 0 unspecified atom stereocenters. The summed E-state index contributed by atoms with van der Waals surface area (Å²) < 4.78 is 18.2. The van der Waals surface area contributed by atoms with Gasteiger partial charge < -0.3 is 4.90 Å². The lowest BCUT2D eigenvalue weighted by molar-refractivity contribution is 0.615. The highest BCUT2D eigenvalue weighted by Crippen LogP contribution is 2.37. The fourth-order valence-electron chi connectivity index (χ4n) is 2.62. The molecule has 4 rings (SSSR count). The van der Waals surface area contributed by atoms with E-state index in [0.717, 1.165) is 34.3 Å². The van der Waals surface area contributed by atoms with Crippen LogP contribution in [0.1, 0.15) is 5.56 Å². The van der Waals surface area contributed by atoms with Crippen LogP contribution in [0.2, 0.25) is 0 Å². The molecule has 0 aliphatic carbocycles. The number of fused-ring (bicyclic) bond motifs is 1. The Morgan fingerprint density at radius 3 is 2.76 bits per heavy atom. The van der Waals surface area contributed by atoms with Crippen LogP contribution in [0.5, 0.6) is 0 Å². The van der Waals surface area contributed by atoms with Crippen molar-refractivity contribution in [1.82, 2.24) is 9.36 Å². The molecule has 104 valence electrons. The molecule has 0 bridgehead atoms. The first-order valence-corrected chi connectivity index (χ1v) is 7.54. The Hall–Kier alpha value is -2.27. The standard InChI is InChI=1S/C16H12FN3S/c17-13-7-4-8-14-12(13)9-10-20(14)16-18-15(19-21-16)11-5-2-1-3-6-11/h1-8H,9-10H2. The maximum Gasteiger partial charge on any atom is 0.210 e. The third-order valence-electron chi connectivity index (χ3n) is 3.65. The normalized spacial score (nSPS) is 13.5. The quantitative estimate of drug-likeness (QED) is 0.715. The van der Waals surface area contributed by atoms with E-state index in [1.807, 2.05) is 41.3 Å². The van der Waals surface area contributed by atoms with Gasteiger partial charge in [0.25, 0.3) is 0 Å². The van der Waals surface area contributed by atoms with Gasteiger partial charge in [0.15, 0.2) is 5.82 Å². The lowest BCUT2D eigenvalue weighted by Gasteiger charge is -2.14. The van der Waals surface area contributed by atoms with E-state index in [4.69, 9.17) is 0 Å². The van der Waals surface area contributed by atoms with Crippen LogP contribution < -0.4 is 4.90 Å². The van der Waals surface area contributed by atoms with Crippen molar-refractivity contribution >= 4 is 22.4 Å². The predicted octanol–water partition coefficient (Wildman–Crippen LogP) is 4.04. The molecule has 5 heteroatoms. The molecule has 3 nitrogen and oxygen atoms in total. The minimum atomic E-state index is -0.136. The lowest BCUT2D eigenvalue weighted by Crippen LogP contribution is -2.12. The number of hydrogen-bond donors (Lipinski definition) is 0. The van der Waals surface area contributed by atoms with Crippen molar-refractivity contribution in [2.75, 3.05) is 11.4 Å². The van der Waals surface area contributed by atoms with Gasteiger partial charge in [-0.3, -0.25) is 0 Å². The summed E-state index contributed by atoms with van der Waals surface area (Å²) in [6.07, 6.45) is 0.711. The van der Waals surface area contributed by atoms with Gasteiger partial charge in [-0.25, -0.2) is 4.39 Å². The molecule has 1 aromatic heterocycles. The van der Waals surface area contributed by atoms with E-state index in [0.29, 0.717) is 6.42 Å². The Kier molecular flexibility index (Phi) is 2.93. The van der Waals surface area contributed by atoms with E-state index in [1.165, 1.54) is 17.6 Å². The number of aromatic nitrogens is 2. The number of nitrogens with zero attached hydrogens (tertiary/aromatic N) is 3. The SMILES string of the molecule is Fc1cccc2c1CCN2c1nc(-c2ccccc2)ns1. The zero-order valence-corrected chi connectivity index (χ0v) is 12.0. The summed E-state index contributed by atoms with van der Waals surface area (Å²) in [6, 6.07) is 15.1. The molecule has 0 amide bonds. The van der Waals surface area contributed by atoms with Crippen molar-refractivity contribution < 1.29 is 4.39 Å². The number of halogens is 1. The van der Waals surface area contributed by atoms with Crippen LogP contribution >= 0.6 is 11.5 Å². The first-order valence-electron chi connectivity index (χ1n) is 6.77. The molecule has 1 aliphatic heterocycles. The Morgan fingerprint density at radius 2 is 1.90 bits per heavy atom. The van der Waals surface area contributed by atoms with Crippen LogP contribution in [0.4, 0.5) is 15.2 Å². The van der Waals surface area contributed by atoms with Crippen LogP contribution in [0.3, 0.4) is 0 Å². The summed E-state index contributed by atoms with van der Waals surface area (Å²) in [5.74, 6) is 0.586. The highest BCUT2D eigenvalue weighted by Gasteiger charge is 2.25. The molecule has 0 N–H and O–H groups in total. The summed E-state index contributed by atoms with van der Waals surface area (Å²) in [4.78, 5) is 6.65. The second kappa shape index (κ2) is 4.93. The first-order chi connectivity index (χ1) is 10.3. The van der Waals surface area contributed by atoms with E-state index in [1.54, 1.807) is 6.07 Å². The Labute approximate surface area is 125 Å². The minimum Gasteiger partial charge on any atom is -0.316 e. The summed E-state index contributed by atoms with van der Waals surface area (Å²) in [5.41, 5.74) is 2.68. The molecule has 0 spiro atoms. The van der Waals surface area contributed by atoms with Crippen molar-refractivity contribution in [3.05, 3.63) is 59.9 Å². The van der Waals surface area contributed by atoms with Crippen LogP contribution in [0.15, 0.2) is 48.5 Å². The molecule has 1 aliphatic rings. The molecule has 0 saturated heterocycles. The number of benzene rings is 2. The molecular formula is C16H12FN3S. The van der Waals surface area contributed by atoms with Crippen molar-refractivity contribution in [2.24, 2.45) is 0 Å². The highest BCUT2D eigenvalue weighted by molar-refractivity contribution is 7.10.